The molecule has 0 aliphatic heterocycles. The first-order valence-corrected chi connectivity index (χ1v) is 30.6. The molecule has 0 amide bonds. The van der Waals surface area contributed by atoms with Gasteiger partial charge in [-0.25, -0.2) is 0 Å². The summed E-state index contributed by atoms with van der Waals surface area (Å²) in [7, 11) is 0. The molecular weight excluding hydrogens is 1040 g/mol. The zero-order valence-corrected chi connectivity index (χ0v) is 52.3. The van der Waals surface area contributed by atoms with Crippen molar-refractivity contribution in [3.8, 4) is 39.4 Å². The lowest BCUT2D eigenvalue weighted by Crippen LogP contribution is -2.17. The number of benzene rings is 10. The summed E-state index contributed by atoms with van der Waals surface area (Å²) >= 11 is 0. The smallest absolute Gasteiger partial charge is 0.0991 e. The number of anilines is 6. The van der Waals surface area contributed by atoms with Crippen LogP contribution in [0.25, 0.3) is 57.7 Å². The van der Waals surface area contributed by atoms with E-state index in [9.17, 15) is 5.26 Å². The Morgan fingerprint density at radius 1 is 0.314 bits per heavy atom. The van der Waals surface area contributed by atoms with E-state index in [2.05, 4.69) is 324 Å². The molecule has 0 aromatic heterocycles. The molecule has 13 rings (SSSR count). The third kappa shape index (κ3) is 9.70. The zero-order valence-electron chi connectivity index (χ0n) is 52.3. The minimum absolute atomic E-state index is 0.0473. The normalized spacial score (nSPS) is 14.7. The zero-order chi connectivity index (χ0) is 60.2. The van der Waals surface area contributed by atoms with E-state index in [0.29, 0.717) is 5.56 Å². The molecule has 0 N–H and O–H groups in total. The third-order valence-electron chi connectivity index (χ3n) is 19.1. The van der Waals surface area contributed by atoms with E-state index in [1.54, 1.807) is 0 Å². The van der Waals surface area contributed by atoms with Crippen molar-refractivity contribution >= 4 is 58.4 Å². The summed E-state index contributed by atoms with van der Waals surface area (Å²) in [4.78, 5) is 4.71. The Hall–Kier alpha value is -9.23. The van der Waals surface area contributed by atoms with Crippen molar-refractivity contribution in [3.63, 3.8) is 0 Å². The molecule has 0 atom stereocenters. The number of hydrogen-bond acceptors (Lipinski definition) is 3. The average Bonchev–Trinajstić information content (AvgIpc) is 2.80. The standard InChI is InChI=1S/C83H77N3/c1-53-14-30-61(31-15-53)85(63-34-26-59(27-35-63)79(2,3)4)65-38-44-71-69-42-24-56(48-75(69)82(10,11)77(71)50-65)18-16-54-22-40-67-68-41-23-55(47-74(68)81(8,9)73(67)46-54)17-19-57-25-43-70-72-45-39-66(51-78(72)83(12,13)76(70)49-57)86(62-32-20-58(52-84)21-33-62)64-36-28-60(29-37-64)80(5,6)7/h14-51H,1-13H3/b18-16+,19-17+. The van der Waals surface area contributed by atoms with Crippen LogP contribution in [-0.2, 0) is 27.1 Å². The molecule has 3 aliphatic rings. The summed E-state index contributed by atoms with van der Waals surface area (Å²) in [5.74, 6) is 0. The minimum atomic E-state index is -0.226. The number of fused-ring (bicyclic) bond motifs is 9. The molecule has 3 heteroatoms. The molecule has 0 fully saturated rings. The third-order valence-corrected chi connectivity index (χ3v) is 19.1. The van der Waals surface area contributed by atoms with Crippen LogP contribution >= 0.6 is 0 Å². The molecule has 10 aromatic rings. The lowest BCUT2D eigenvalue weighted by Gasteiger charge is -2.29. The van der Waals surface area contributed by atoms with Gasteiger partial charge >= 0.3 is 0 Å². The van der Waals surface area contributed by atoms with Crippen LogP contribution in [0.1, 0.15) is 161 Å². The maximum atomic E-state index is 9.63. The van der Waals surface area contributed by atoms with Crippen LogP contribution in [0.4, 0.5) is 34.1 Å². The van der Waals surface area contributed by atoms with Gasteiger partial charge in [0.25, 0.3) is 0 Å². The summed E-state index contributed by atoms with van der Waals surface area (Å²) in [6.07, 6.45) is 9.15. The van der Waals surface area contributed by atoms with Crippen molar-refractivity contribution in [2.75, 3.05) is 9.80 Å². The number of nitriles is 1. The summed E-state index contributed by atoms with van der Waals surface area (Å²) < 4.78 is 0. The molecule has 0 bridgehead atoms. The summed E-state index contributed by atoms with van der Waals surface area (Å²) in [5, 5.41) is 9.63. The Balaban J connectivity index is 0.726. The number of nitrogens with zero attached hydrogens (tertiary/aromatic N) is 3. The molecule has 0 saturated carbocycles. The van der Waals surface area contributed by atoms with Gasteiger partial charge in [0.05, 0.1) is 11.6 Å². The van der Waals surface area contributed by atoms with Gasteiger partial charge < -0.3 is 9.80 Å². The van der Waals surface area contributed by atoms with Crippen LogP contribution in [-0.4, -0.2) is 0 Å². The Morgan fingerprint density at radius 2 is 0.558 bits per heavy atom. The highest BCUT2D eigenvalue weighted by Gasteiger charge is 2.39. The van der Waals surface area contributed by atoms with Gasteiger partial charge in [-0.15, -0.1) is 0 Å². The van der Waals surface area contributed by atoms with Crippen LogP contribution in [0.5, 0.6) is 0 Å². The molecule has 3 nitrogen and oxygen atoms in total. The SMILES string of the molecule is Cc1ccc(N(c2ccc(C(C)(C)C)cc2)c2ccc3c(c2)C(C)(C)c2cc(/C=C/c4ccc5c(c4)C(C)(C)c4cc(/C=C/c6ccc7c(c6)C(C)(C)c6cc(N(c8ccc(C#N)cc8)c8ccc(C(C)(C)C)cc8)ccc6-7)ccc4-5)ccc2-3)cc1. The van der Waals surface area contributed by atoms with Gasteiger partial charge in [0.1, 0.15) is 0 Å². The number of hydrogen-bond donors (Lipinski definition) is 0. The van der Waals surface area contributed by atoms with Crippen molar-refractivity contribution in [2.45, 2.75) is 117 Å². The summed E-state index contributed by atoms with van der Waals surface area (Å²) in [5.41, 5.74) is 31.4. The van der Waals surface area contributed by atoms with Crippen LogP contribution in [0.15, 0.2) is 206 Å². The Kier molecular flexibility index (Phi) is 13.3. The topological polar surface area (TPSA) is 30.3 Å². The fourth-order valence-electron chi connectivity index (χ4n) is 13.8. The van der Waals surface area contributed by atoms with Gasteiger partial charge in [0.15, 0.2) is 0 Å². The lowest BCUT2D eigenvalue weighted by molar-refractivity contribution is 0.590. The van der Waals surface area contributed by atoms with E-state index >= 15 is 0 Å². The molecule has 0 radical (unpaired) electrons. The van der Waals surface area contributed by atoms with E-state index in [1.807, 2.05) is 12.1 Å². The van der Waals surface area contributed by atoms with Crippen molar-refractivity contribution in [1.29, 1.82) is 5.26 Å². The Morgan fingerprint density at radius 3 is 0.837 bits per heavy atom. The second-order valence-electron chi connectivity index (χ2n) is 28.0. The predicted octanol–water partition coefficient (Wildman–Crippen LogP) is 22.7. The van der Waals surface area contributed by atoms with Gasteiger partial charge in [0, 0.05) is 50.4 Å². The van der Waals surface area contributed by atoms with Crippen molar-refractivity contribution in [1.82, 2.24) is 0 Å². The second kappa shape index (κ2) is 20.5. The molecule has 86 heavy (non-hydrogen) atoms. The maximum absolute atomic E-state index is 9.63. The largest absolute Gasteiger partial charge is 0.310 e. The predicted molar refractivity (Wildman–Crippen MR) is 366 cm³/mol. The highest BCUT2D eigenvalue weighted by atomic mass is 15.1. The van der Waals surface area contributed by atoms with Gasteiger partial charge in [0.2, 0.25) is 0 Å². The molecule has 10 aromatic carbocycles. The molecular formula is C83H77N3. The average molecular weight is 1120 g/mol. The number of rotatable bonds is 10. The molecule has 0 spiro atoms. The minimum Gasteiger partial charge on any atom is -0.310 e. The van der Waals surface area contributed by atoms with Crippen molar-refractivity contribution < 1.29 is 0 Å². The van der Waals surface area contributed by atoms with E-state index in [0.717, 1.165) is 34.1 Å². The van der Waals surface area contributed by atoms with Crippen LogP contribution in [0.3, 0.4) is 0 Å². The van der Waals surface area contributed by atoms with Gasteiger partial charge in [-0.1, -0.05) is 234 Å². The van der Waals surface area contributed by atoms with Gasteiger partial charge in [-0.05, 0) is 203 Å². The van der Waals surface area contributed by atoms with Crippen LogP contribution < -0.4 is 9.80 Å². The first kappa shape index (κ1) is 55.9. The summed E-state index contributed by atoms with van der Waals surface area (Å²) in [6, 6.07) is 79.2. The molecule has 0 saturated heterocycles. The highest BCUT2D eigenvalue weighted by Crippen LogP contribution is 2.54. The van der Waals surface area contributed by atoms with Crippen molar-refractivity contribution in [2.24, 2.45) is 0 Å². The second-order valence-corrected chi connectivity index (χ2v) is 28.0. The summed E-state index contributed by atoms with van der Waals surface area (Å²) in [6.45, 7) is 30.0. The molecule has 424 valence electrons. The lowest BCUT2D eigenvalue weighted by atomic mass is 9.81. The molecule has 0 heterocycles. The molecule has 0 unspecified atom stereocenters. The fraction of sp³-hybridized carbons (Fsp3) is 0.217. The van der Waals surface area contributed by atoms with Crippen LogP contribution in [0, 0.1) is 18.3 Å². The molecule has 3 aliphatic carbocycles. The van der Waals surface area contributed by atoms with Crippen LogP contribution in [0.2, 0.25) is 0 Å². The van der Waals surface area contributed by atoms with Gasteiger partial charge in [-0.3, -0.25) is 0 Å². The van der Waals surface area contributed by atoms with E-state index < -0.39 is 0 Å². The fourth-order valence-corrected chi connectivity index (χ4v) is 13.8. The number of aryl methyl sites for hydroxylation is 1. The van der Waals surface area contributed by atoms with E-state index in [-0.39, 0.29) is 27.1 Å². The first-order valence-electron chi connectivity index (χ1n) is 30.6. The first-order chi connectivity index (χ1) is 41.0. The Bertz CT molecular complexity index is 4430. The Labute approximate surface area is 511 Å². The monoisotopic (exact) mass is 1120 g/mol. The van der Waals surface area contributed by atoms with E-state index in [1.165, 1.54) is 106 Å². The van der Waals surface area contributed by atoms with E-state index in [4.69, 9.17) is 0 Å². The quantitative estimate of drug-likeness (QED) is 0.128. The van der Waals surface area contributed by atoms with Gasteiger partial charge in [-0.2, -0.15) is 5.26 Å². The maximum Gasteiger partial charge on any atom is 0.0991 e. The van der Waals surface area contributed by atoms with Crippen molar-refractivity contribution in [3.05, 3.63) is 284 Å². The highest BCUT2D eigenvalue weighted by molar-refractivity contribution is 5.90.